The van der Waals surface area contributed by atoms with Gasteiger partial charge in [-0.05, 0) is 69.4 Å². The number of carbonyl (C=O) groups excluding carboxylic acids is 2. The molecule has 43 heavy (non-hydrogen) atoms. The van der Waals surface area contributed by atoms with Crippen molar-refractivity contribution >= 4 is 23.5 Å². The SMILES string of the molecule is CC(C)(C)OC(=O)N(CC1CC1)c1cc(-c2nc(C(=O)Nc3cn(-c4cccc(CO)c4)nc3C(F)(F)F)co2)ccn1. The number of nitrogens with one attached hydrogen (secondary N) is 1. The van der Waals surface area contributed by atoms with Gasteiger partial charge in [-0.25, -0.2) is 19.4 Å². The lowest BCUT2D eigenvalue weighted by molar-refractivity contribution is -0.140. The molecule has 14 heteroatoms. The van der Waals surface area contributed by atoms with Crippen LogP contribution in [0.2, 0.25) is 0 Å². The fourth-order valence-corrected chi connectivity index (χ4v) is 4.14. The first kappa shape index (κ1) is 29.8. The lowest BCUT2D eigenvalue weighted by Crippen LogP contribution is -2.38. The Bertz CT molecular complexity index is 1640. The standard InChI is InChI=1S/C29H29F3N6O5/c1-28(2,3)43-27(41)37(13-17-7-8-17)23-12-19(9-10-33-23)26-35-22(16-42-26)25(40)34-21-14-38(36-24(21)29(30,31)32)20-6-4-5-18(11-20)15-39/h4-6,9-12,14,16-17,39H,7-8,13,15H2,1-3H3,(H,34,40). The number of amides is 2. The van der Waals surface area contributed by atoms with Gasteiger partial charge in [-0.3, -0.25) is 9.69 Å². The van der Waals surface area contributed by atoms with Crippen molar-refractivity contribution in [2.24, 2.45) is 5.92 Å². The van der Waals surface area contributed by atoms with Crippen molar-refractivity contribution in [2.45, 2.75) is 52.0 Å². The minimum Gasteiger partial charge on any atom is -0.444 e. The minimum atomic E-state index is -4.87. The number of aliphatic hydroxyl groups is 1. The molecule has 1 aromatic carbocycles. The van der Waals surface area contributed by atoms with Gasteiger partial charge in [0.25, 0.3) is 5.91 Å². The van der Waals surface area contributed by atoms with E-state index in [1.54, 1.807) is 45.0 Å². The highest BCUT2D eigenvalue weighted by molar-refractivity contribution is 6.03. The predicted molar refractivity (Wildman–Crippen MR) is 148 cm³/mol. The number of carbonyl (C=O) groups is 2. The molecule has 3 aromatic heterocycles. The van der Waals surface area contributed by atoms with Gasteiger partial charge in [-0.15, -0.1) is 0 Å². The Labute approximate surface area is 244 Å². The number of nitrogens with zero attached hydrogens (tertiary/aromatic N) is 5. The predicted octanol–water partition coefficient (Wildman–Crippen LogP) is 5.84. The molecule has 5 rings (SSSR count). The van der Waals surface area contributed by atoms with Gasteiger partial charge in [-0.2, -0.15) is 18.3 Å². The number of aliphatic hydroxyl groups excluding tert-OH is 1. The first-order valence-corrected chi connectivity index (χ1v) is 13.4. The summed E-state index contributed by atoms with van der Waals surface area (Å²) in [5.41, 5.74) is -1.77. The van der Waals surface area contributed by atoms with Crippen LogP contribution in [0.1, 0.15) is 55.4 Å². The van der Waals surface area contributed by atoms with Crippen LogP contribution < -0.4 is 10.2 Å². The summed E-state index contributed by atoms with van der Waals surface area (Å²) >= 11 is 0. The number of benzene rings is 1. The van der Waals surface area contributed by atoms with E-state index in [2.05, 4.69) is 20.4 Å². The molecule has 0 radical (unpaired) electrons. The molecule has 1 fully saturated rings. The number of rotatable bonds is 8. The average Bonchev–Trinajstić information content (AvgIpc) is 3.44. The van der Waals surface area contributed by atoms with Crippen molar-refractivity contribution in [1.29, 1.82) is 0 Å². The quantitative estimate of drug-likeness (QED) is 0.258. The first-order chi connectivity index (χ1) is 20.3. The molecule has 2 N–H and O–H groups in total. The molecular weight excluding hydrogens is 569 g/mol. The topological polar surface area (TPSA) is 136 Å². The zero-order valence-electron chi connectivity index (χ0n) is 23.6. The van der Waals surface area contributed by atoms with Crippen molar-refractivity contribution in [3.63, 3.8) is 0 Å². The highest BCUT2D eigenvalue weighted by atomic mass is 19.4. The largest absolute Gasteiger partial charge is 0.444 e. The number of aromatic nitrogens is 4. The van der Waals surface area contributed by atoms with Gasteiger partial charge in [0.15, 0.2) is 11.4 Å². The van der Waals surface area contributed by atoms with E-state index >= 15 is 0 Å². The molecule has 1 aliphatic carbocycles. The van der Waals surface area contributed by atoms with E-state index in [0.29, 0.717) is 29.4 Å². The number of hydrogen-bond donors (Lipinski definition) is 2. The van der Waals surface area contributed by atoms with E-state index in [1.807, 2.05) is 0 Å². The van der Waals surface area contributed by atoms with E-state index < -0.39 is 35.2 Å². The van der Waals surface area contributed by atoms with Crippen LogP contribution in [0.4, 0.5) is 29.5 Å². The van der Waals surface area contributed by atoms with Gasteiger partial charge in [0.05, 0.1) is 24.2 Å². The molecule has 0 aliphatic heterocycles. The van der Waals surface area contributed by atoms with E-state index in [1.165, 1.54) is 23.2 Å². The molecule has 11 nitrogen and oxygen atoms in total. The highest BCUT2D eigenvalue weighted by Crippen LogP contribution is 2.35. The summed E-state index contributed by atoms with van der Waals surface area (Å²) in [6, 6.07) is 9.28. The van der Waals surface area contributed by atoms with Crippen LogP contribution in [0.3, 0.4) is 0 Å². The van der Waals surface area contributed by atoms with Crippen LogP contribution in [0, 0.1) is 5.92 Å². The van der Waals surface area contributed by atoms with Gasteiger partial charge in [-0.1, -0.05) is 12.1 Å². The Balaban J connectivity index is 1.38. The first-order valence-electron chi connectivity index (χ1n) is 13.4. The highest BCUT2D eigenvalue weighted by Gasteiger charge is 2.38. The Morgan fingerprint density at radius 1 is 1.19 bits per heavy atom. The molecule has 1 aliphatic rings. The minimum absolute atomic E-state index is 0.00285. The number of alkyl halides is 3. The molecule has 0 atom stereocenters. The number of anilines is 2. The van der Waals surface area contributed by atoms with E-state index in [4.69, 9.17) is 9.15 Å². The van der Waals surface area contributed by atoms with Crippen LogP contribution in [0.25, 0.3) is 17.1 Å². The fourth-order valence-electron chi connectivity index (χ4n) is 4.14. The Kier molecular flexibility index (Phi) is 7.97. The number of hydrogen-bond acceptors (Lipinski definition) is 8. The number of oxazole rings is 1. The van der Waals surface area contributed by atoms with Gasteiger partial charge in [0.1, 0.15) is 17.7 Å². The van der Waals surface area contributed by atoms with Crippen LogP contribution in [0.5, 0.6) is 0 Å². The van der Waals surface area contributed by atoms with Gasteiger partial charge in [0, 0.05) is 18.3 Å². The summed E-state index contributed by atoms with van der Waals surface area (Å²) in [5, 5.41) is 15.2. The maximum Gasteiger partial charge on any atom is 0.437 e. The Morgan fingerprint density at radius 2 is 1.95 bits per heavy atom. The molecule has 1 saturated carbocycles. The Morgan fingerprint density at radius 3 is 2.63 bits per heavy atom. The maximum absolute atomic E-state index is 13.8. The smallest absolute Gasteiger partial charge is 0.437 e. The summed E-state index contributed by atoms with van der Waals surface area (Å²) in [6.45, 7) is 5.41. The molecule has 2 amide bonds. The lowest BCUT2D eigenvalue weighted by Gasteiger charge is -2.27. The monoisotopic (exact) mass is 598 g/mol. The Hall–Kier alpha value is -4.72. The number of ether oxygens (including phenoxy) is 1. The number of pyridine rings is 1. The van der Waals surface area contributed by atoms with Gasteiger partial charge >= 0.3 is 12.3 Å². The van der Waals surface area contributed by atoms with Crippen molar-refractivity contribution < 1.29 is 37.0 Å². The molecule has 0 spiro atoms. The second-order valence-electron chi connectivity index (χ2n) is 11.1. The summed E-state index contributed by atoms with van der Waals surface area (Å²) < 4.78 is 53.4. The van der Waals surface area contributed by atoms with Crippen molar-refractivity contribution in [1.82, 2.24) is 19.7 Å². The number of halogens is 3. The summed E-state index contributed by atoms with van der Waals surface area (Å²) in [5.74, 6) is -0.325. The second-order valence-corrected chi connectivity index (χ2v) is 11.1. The van der Waals surface area contributed by atoms with Crippen molar-refractivity contribution in [3.05, 3.63) is 72.0 Å². The molecule has 0 saturated heterocycles. The zero-order valence-corrected chi connectivity index (χ0v) is 23.6. The molecule has 0 bridgehead atoms. The lowest BCUT2D eigenvalue weighted by atomic mass is 10.2. The zero-order chi connectivity index (χ0) is 30.9. The molecule has 4 aromatic rings. The van der Waals surface area contributed by atoms with Gasteiger partial charge in [0.2, 0.25) is 5.89 Å². The van der Waals surface area contributed by atoms with Crippen molar-refractivity contribution in [2.75, 3.05) is 16.8 Å². The van der Waals surface area contributed by atoms with Crippen LogP contribution in [0.15, 0.2) is 59.5 Å². The second kappa shape index (κ2) is 11.5. The van der Waals surface area contributed by atoms with E-state index in [-0.39, 0.29) is 23.9 Å². The summed E-state index contributed by atoms with van der Waals surface area (Å²) in [6.07, 6.45) is 0.0461. The maximum atomic E-state index is 13.8. The molecule has 226 valence electrons. The third-order valence-electron chi connectivity index (χ3n) is 6.35. The fraction of sp³-hybridized carbons (Fsp3) is 0.345. The third kappa shape index (κ3) is 7.20. The normalized spacial score (nSPS) is 13.6. The van der Waals surface area contributed by atoms with E-state index in [9.17, 15) is 27.9 Å². The molecule has 0 unspecified atom stereocenters. The van der Waals surface area contributed by atoms with Crippen LogP contribution >= 0.6 is 0 Å². The molecule has 3 heterocycles. The average molecular weight is 599 g/mol. The van der Waals surface area contributed by atoms with Crippen LogP contribution in [-0.2, 0) is 17.5 Å². The van der Waals surface area contributed by atoms with Crippen molar-refractivity contribution in [3.8, 4) is 17.1 Å². The van der Waals surface area contributed by atoms with E-state index in [0.717, 1.165) is 30.0 Å². The summed E-state index contributed by atoms with van der Waals surface area (Å²) in [4.78, 5) is 35.8. The van der Waals surface area contributed by atoms with Gasteiger partial charge < -0.3 is 19.6 Å². The van der Waals surface area contributed by atoms with Crippen LogP contribution in [-0.4, -0.2) is 49.0 Å². The third-order valence-corrected chi connectivity index (χ3v) is 6.35. The molecular formula is C29H29F3N6O5. The summed E-state index contributed by atoms with van der Waals surface area (Å²) in [7, 11) is 0.